The molecule has 1 aromatic heterocycles. The average Bonchev–Trinajstić information content (AvgIpc) is 2.72. The average molecular weight is 358 g/mol. The molecule has 20 heavy (non-hydrogen) atoms. The topological polar surface area (TPSA) is 82.3 Å². The minimum Gasteiger partial charge on any atom is -0.482 e. The van der Waals surface area contributed by atoms with Gasteiger partial charge in [-0.3, -0.25) is 0 Å². The first kappa shape index (κ1) is 15.4. The van der Waals surface area contributed by atoms with E-state index in [0.29, 0.717) is 11.7 Å². The summed E-state index contributed by atoms with van der Waals surface area (Å²) in [6.07, 6.45) is 0. The maximum Gasteiger partial charge on any atom is 0.261 e. The maximum atomic E-state index is 11.2. The van der Waals surface area contributed by atoms with Gasteiger partial charge >= 0.3 is 0 Å². The van der Waals surface area contributed by atoms with Gasteiger partial charge in [0.25, 0.3) is 9.05 Å². The Morgan fingerprint density at radius 2 is 1.90 bits per heavy atom. The molecule has 108 valence electrons. The van der Waals surface area contributed by atoms with Gasteiger partial charge in [0.2, 0.25) is 11.7 Å². The van der Waals surface area contributed by atoms with Crippen molar-refractivity contribution in [1.82, 2.24) is 10.1 Å². The third kappa shape index (κ3) is 3.54. The summed E-state index contributed by atoms with van der Waals surface area (Å²) in [7, 11) is 1.29. The van der Waals surface area contributed by atoms with Crippen LogP contribution in [0.5, 0.6) is 5.75 Å². The van der Waals surface area contributed by atoms with Crippen LogP contribution in [0.3, 0.4) is 0 Å². The molecule has 0 fully saturated rings. The molecule has 0 spiro atoms. The number of halogens is 3. The van der Waals surface area contributed by atoms with Crippen LogP contribution in [0.2, 0.25) is 10.0 Å². The van der Waals surface area contributed by atoms with Crippen molar-refractivity contribution in [2.75, 3.05) is 0 Å². The Kier molecular flexibility index (Phi) is 4.43. The molecule has 0 radical (unpaired) electrons. The van der Waals surface area contributed by atoms with Crippen LogP contribution in [0.15, 0.2) is 21.6 Å². The lowest BCUT2D eigenvalue weighted by Crippen LogP contribution is -2.00. The van der Waals surface area contributed by atoms with Gasteiger partial charge in [0.1, 0.15) is 0 Å². The molecule has 2 aromatic rings. The van der Waals surface area contributed by atoms with Crippen LogP contribution in [0, 0.1) is 6.92 Å². The van der Waals surface area contributed by atoms with Crippen molar-refractivity contribution in [1.29, 1.82) is 0 Å². The lowest BCUT2D eigenvalue weighted by molar-refractivity contribution is 0.286. The van der Waals surface area contributed by atoms with Crippen molar-refractivity contribution >= 4 is 42.9 Å². The summed E-state index contributed by atoms with van der Waals surface area (Å²) in [4.78, 5) is 3.72. The number of benzene rings is 1. The zero-order valence-corrected chi connectivity index (χ0v) is 13.0. The van der Waals surface area contributed by atoms with E-state index in [9.17, 15) is 8.42 Å². The molecular weight excluding hydrogens is 351 g/mol. The minimum atomic E-state index is -3.92. The molecule has 0 saturated carbocycles. The standard InChI is InChI=1S/C10H7Cl3N2O4S/c1-5-14-9(15-19-5)4-18-10-7(11)2-6(3-8(10)12)20(13,16)17/h2-3H,4H2,1H3. The Morgan fingerprint density at radius 3 is 2.35 bits per heavy atom. The van der Waals surface area contributed by atoms with Crippen LogP contribution >= 0.6 is 33.9 Å². The van der Waals surface area contributed by atoms with Gasteiger partial charge in [-0.05, 0) is 12.1 Å². The third-order valence-electron chi connectivity index (χ3n) is 2.17. The number of aromatic nitrogens is 2. The zero-order chi connectivity index (χ0) is 14.9. The summed E-state index contributed by atoms with van der Waals surface area (Å²) >= 11 is 11.8. The predicted octanol–water partition coefficient (Wildman–Crippen LogP) is 3.19. The van der Waals surface area contributed by atoms with E-state index in [1.165, 1.54) is 0 Å². The third-order valence-corrected chi connectivity index (χ3v) is 4.06. The van der Waals surface area contributed by atoms with E-state index in [4.69, 9.17) is 43.1 Å². The monoisotopic (exact) mass is 356 g/mol. The van der Waals surface area contributed by atoms with E-state index >= 15 is 0 Å². The number of nitrogens with zero attached hydrogens (tertiary/aromatic N) is 2. The van der Waals surface area contributed by atoms with Crippen molar-refractivity contribution in [3.05, 3.63) is 33.9 Å². The summed E-state index contributed by atoms with van der Waals surface area (Å²) in [6, 6.07) is 2.29. The zero-order valence-electron chi connectivity index (χ0n) is 9.93. The maximum absolute atomic E-state index is 11.2. The van der Waals surface area contributed by atoms with Crippen LogP contribution < -0.4 is 4.74 Å². The highest BCUT2D eigenvalue weighted by Gasteiger charge is 2.17. The van der Waals surface area contributed by atoms with Crippen molar-refractivity contribution in [2.45, 2.75) is 18.4 Å². The quantitative estimate of drug-likeness (QED) is 0.782. The van der Waals surface area contributed by atoms with Gasteiger partial charge < -0.3 is 9.26 Å². The van der Waals surface area contributed by atoms with E-state index in [1.54, 1.807) is 6.92 Å². The Bertz CT molecular complexity index is 722. The molecule has 10 heteroatoms. The molecule has 0 bridgehead atoms. The Hall–Kier alpha value is -1.02. The predicted molar refractivity (Wildman–Crippen MR) is 72.9 cm³/mol. The van der Waals surface area contributed by atoms with Gasteiger partial charge in [-0.2, -0.15) is 4.98 Å². The van der Waals surface area contributed by atoms with E-state index in [-0.39, 0.29) is 27.3 Å². The van der Waals surface area contributed by atoms with Crippen molar-refractivity contribution in [2.24, 2.45) is 0 Å². The fraction of sp³-hybridized carbons (Fsp3) is 0.200. The fourth-order valence-electron chi connectivity index (χ4n) is 1.35. The van der Waals surface area contributed by atoms with Gasteiger partial charge in [-0.1, -0.05) is 28.4 Å². The molecule has 0 unspecified atom stereocenters. The Morgan fingerprint density at radius 1 is 1.30 bits per heavy atom. The Labute approximate surface area is 129 Å². The number of hydrogen-bond acceptors (Lipinski definition) is 6. The highest BCUT2D eigenvalue weighted by Crippen LogP contribution is 2.36. The van der Waals surface area contributed by atoms with Gasteiger partial charge in [0.05, 0.1) is 14.9 Å². The van der Waals surface area contributed by atoms with E-state index < -0.39 is 9.05 Å². The Balaban J connectivity index is 2.25. The van der Waals surface area contributed by atoms with E-state index in [2.05, 4.69) is 10.1 Å². The van der Waals surface area contributed by atoms with Crippen molar-refractivity contribution in [3.63, 3.8) is 0 Å². The van der Waals surface area contributed by atoms with Gasteiger partial charge in [0, 0.05) is 17.6 Å². The van der Waals surface area contributed by atoms with Crippen LogP contribution in [0.4, 0.5) is 0 Å². The normalized spacial score (nSPS) is 11.6. The van der Waals surface area contributed by atoms with Crippen LogP contribution in [-0.4, -0.2) is 18.6 Å². The number of hydrogen-bond donors (Lipinski definition) is 0. The van der Waals surface area contributed by atoms with E-state index in [0.717, 1.165) is 12.1 Å². The lowest BCUT2D eigenvalue weighted by atomic mass is 10.3. The fourth-order valence-corrected chi connectivity index (χ4v) is 2.86. The molecule has 0 N–H and O–H groups in total. The molecule has 0 amide bonds. The highest BCUT2D eigenvalue weighted by atomic mass is 35.7. The summed E-state index contributed by atoms with van der Waals surface area (Å²) in [5.74, 6) is 0.813. The van der Waals surface area contributed by atoms with E-state index in [1.807, 2.05) is 0 Å². The molecule has 0 atom stereocenters. The second-order valence-corrected chi connectivity index (χ2v) is 7.05. The minimum absolute atomic E-state index is 0.0111. The molecule has 0 aliphatic carbocycles. The SMILES string of the molecule is Cc1nc(COc2c(Cl)cc(S(=O)(=O)Cl)cc2Cl)no1. The summed E-state index contributed by atoms with van der Waals surface area (Å²) in [5, 5.41) is 3.65. The van der Waals surface area contributed by atoms with Crippen LogP contribution in [0.1, 0.15) is 11.7 Å². The first-order valence-corrected chi connectivity index (χ1v) is 8.19. The molecule has 6 nitrogen and oxygen atoms in total. The summed E-state index contributed by atoms with van der Waals surface area (Å²) in [5.41, 5.74) is 0. The van der Waals surface area contributed by atoms with Crippen molar-refractivity contribution < 1.29 is 17.7 Å². The second kappa shape index (κ2) is 5.77. The molecule has 0 aliphatic rings. The van der Waals surface area contributed by atoms with Gasteiger partial charge in [-0.15, -0.1) is 0 Å². The molecule has 0 saturated heterocycles. The summed E-state index contributed by atoms with van der Waals surface area (Å²) < 4.78 is 32.5. The van der Waals surface area contributed by atoms with Crippen LogP contribution in [-0.2, 0) is 15.7 Å². The molecule has 1 heterocycles. The van der Waals surface area contributed by atoms with Gasteiger partial charge in [0.15, 0.2) is 12.4 Å². The molecule has 2 rings (SSSR count). The number of ether oxygens (including phenoxy) is 1. The van der Waals surface area contributed by atoms with Crippen molar-refractivity contribution in [3.8, 4) is 5.75 Å². The number of aryl methyl sites for hydroxylation is 1. The lowest BCUT2D eigenvalue weighted by Gasteiger charge is -2.09. The molecular formula is C10H7Cl3N2O4S. The first-order chi connectivity index (χ1) is 9.27. The highest BCUT2D eigenvalue weighted by molar-refractivity contribution is 8.13. The largest absolute Gasteiger partial charge is 0.482 e. The number of rotatable bonds is 4. The summed E-state index contributed by atoms with van der Waals surface area (Å²) in [6.45, 7) is 1.61. The van der Waals surface area contributed by atoms with Gasteiger partial charge in [-0.25, -0.2) is 8.42 Å². The first-order valence-electron chi connectivity index (χ1n) is 5.13. The molecule has 1 aromatic carbocycles. The van der Waals surface area contributed by atoms with Crippen LogP contribution in [0.25, 0.3) is 0 Å². The molecule has 0 aliphatic heterocycles. The second-order valence-electron chi connectivity index (χ2n) is 3.67. The smallest absolute Gasteiger partial charge is 0.261 e.